The minimum Gasteiger partial charge on any atom is -0.491 e. The lowest BCUT2D eigenvalue weighted by atomic mass is 9.89. The van der Waals surface area contributed by atoms with E-state index in [1.807, 2.05) is 18.2 Å². The lowest BCUT2D eigenvalue weighted by Gasteiger charge is -2.38. The Bertz CT molecular complexity index is 587. The molecule has 152 valence electrons. The number of nitrogens with one attached hydrogen (secondary N) is 1. The van der Waals surface area contributed by atoms with Gasteiger partial charge in [-0.05, 0) is 44.1 Å². The number of benzene rings is 1. The normalized spacial score (nSPS) is 21.3. The van der Waals surface area contributed by atoms with E-state index in [1.54, 1.807) is 0 Å². The summed E-state index contributed by atoms with van der Waals surface area (Å²) in [5.41, 5.74) is 1.25. The van der Waals surface area contributed by atoms with Crippen LogP contribution in [0.4, 0.5) is 0 Å². The van der Waals surface area contributed by atoms with Crippen LogP contribution in [-0.2, 0) is 11.3 Å². The largest absolute Gasteiger partial charge is 0.491 e. The molecule has 2 aliphatic rings. The Kier molecular flexibility index (Phi) is 7.79. The minimum atomic E-state index is -0.481. The molecular formula is C21H33ClN2O3. The highest BCUT2D eigenvalue weighted by atomic mass is 35.5. The monoisotopic (exact) mass is 396 g/mol. The van der Waals surface area contributed by atoms with Crippen LogP contribution in [-0.4, -0.2) is 62.1 Å². The Morgan fingerprint density at radius 1 is 1.26 bits per heavy atom. The molecule has 0 aliphatic carbocycles. The predicted octanol–water partition coefficient (Wildman–Crippen LogP) is 3.08. The molecule has 1 aromatic carbocycles. The van der Waals surface area contributed by atoms with E-state index < -0.39 is 6.10 Å². The second-order valence-corrected chi connectivity index (χ2v) is 8.78. The Balaban J connectivity index is 1.48. The molecule has 0 radical (unpaired) electrons. The molecule has 3 rings (SSSR count). The quantitative estimate of drug-likeness (QED) is 0.671. The fourth-order valence-corrected chi connectivity index (χ4v) is 3.93. The van der Waals surface area contributed by atoms with Crippen molar-refractivity contribution in [2.75, 3.05) is 46.0 Å². The van der Waals surface area contributed by atoms with Crippen molar-refractivity contribution in [3.8, 4) is 5.75 Å². The third-order valence-electron chi connectivity index (χ3n) is 5.39. The highest BCUT2D eigenvalue weighted by molar-refractivity contribution is 6.30. The first-order valence-corrected chi connectivity index (χ1v) is 10.5. The number of nitrogens with zero attached hydrogens (tertiary/aromatic N) is 1. The number of β-amino-alcohol motifs (C(OH)–C–C–N with tert-alkyl or cyclic N) is 1. The highest BCUT2D eigenvalue weighted by Crippen LogP contribution is 2.27. The molecule has 6 heteroatoms. The zero-order valence-corrected chi connectivity index (χ0v) is 17.1. The van der Waals surface area contributed by atoms with Gasteiger partial charge >= 0.3 is 0 Å². The molecule has 1 unspecified atom stereocenters. The summed E-state index contributed by atoms with van der Waals surface area (Å²) in [6.07, 6.45) is 4.57. The molecule has 2 saturated heterocycles. The molecule has 1 aromatic rings. The maximum atomic E-state index is 10.4. The van der Waals surface area contributed by atoms with Gasteiger partial charge in [0.2, 0.25) is 0 Å². The highest BCUT2D eigenvalue weighted by Gasteiger charge is 2.32. The van der Waals surface area contributed by atoms with Crippen LogP contribution >= 0.6 is 11.6 Å². The fourth-order valence-electron chi connectivity index (χ4n) is 3.73. The number of rotatable bonds is 9. The number of aliphatic hydroxyl groups is 1. The van der Waals surface area contributed by atoms with Gasteiger partial charge in [0.15, 0.2) is 0 Å². The van der Waals surface area contributed by atoms with E-state index in [0.29, 0.717) is 24.7 Å². The lowest BCUT2D eigenvalue weighted by molar-refractivity contribution is -0.0991. The third kappa shape index (κ3) is 6.61. The van der Waals surface area contributed by atoms with E-state index in [1.165, 1.54) is 25.7 Å². The molecule has 1 atom stereocenters. The molecule has 2 fully saturated rings. The first-order chi connectivity index (χ1) is 13.0. The van der Waals surface area contributed by atoms with Gasteiger partial charge in [0.25, 0.3) is 0 Å². The molecule has 0 amide bonds. The van der Waals surface area contributed by atoms with Crippen molar-refractivity contribution in [2.45, 2.75) is 45.3 Å². The molecule has 0 saturated carbocycles. The molecule has 0 spiro atoms. The van der Waals surface area contributed by atoms with Crippen LogP contribution in [0.2, 0.25) is 5.02 Å². The van der Waals surface area contributed by atoms with Gasteiger partial charge in [-0.25, -0.2) is 0 Å². The van der Waals surface area contributed by atoms with Crippen LogP contribution in [0.15, 0.2) is 18.2 Å². The zero-order valence-electron chi connectivity index (χ0n) is 16.4. The second kappa shape index (κ2) is 10.1. The van der Waals surface area contributed by atoms with Crippen LogP contribution < -0.4 is 10.1 Å². The van der Waals surface area contributed by atoms with Gasteiger partial charge in [0, 0.05) is 35.6 Å². The van der Waals surface area contributed by atoms with Gasteiger partial charge < -0.3 is 24.8 Å². The van der Waals surface area contributed by atoms with Crippen molar-refractivity contribution in [1.29, 1.82) is 0 Å². The molecule has 2 heterocycles. The Morgan fingerprint density at radius 3 is 2.67 bits per heavy atom. The molecule has 5 nitrogen and oxygen atoms in total. The van der Waals surface area contributed by atoms with Crippen LogP contribution in [0.25, 0.3) is 0 Å². The van der Waals surface area contributed by atoms with Crippen LogP contribution in [0.3, 0.4) is 0 Å². The Labute approximate surface area is 168 Å². The molecule has 0 bridgehead atoms. The van der Waals surface area contributed by atoms with Gasteiger partial charge in [-0.1, -0.05) is 31.4 Å². The van der Waals surface area contributed by atoms with Crippen LogP contribution in [0.5, 0.6) is 5.75 Å². The van der Waals surface area contributed by atoms with Crippen molar-refractivity contribution in [1.82, 2.24) is 10.2 Å². The summed E-state index contributed by atoms with van der Waals surface area (Å²) in [5.74, 6) is 0.789. The smallest absolute Gasteiger partial charge is 0.124 e. The summed E-state index contributed by atoms with van der Waals surface area (Å²) >= 11 is 6.17. The summed E-state index contributed by atoms with van der Waals surface area (Å²) in [6, 6.07) is 5.67. The summed E-state index contributed by atoms with van der Waals surface area (Å²) in [7, 11) is 0. The zero-order chi connectivity index (χ0) is 19.1. The van der Waals surface area contributed by atoms with E-state index >= 15 is 0 Å². The van der Waals surface area contributed by atoms with Crippen molar-refractivity contribution >= 4 is 11.6 Å². The SMILES string of the molecule is CC1(CNCc2cc(Cl)ccc2OCC(O)CN2CCCCCC2)COC1. The van der Waals surface area contributed by atoms with Crippen molar-refractivity contribution < 1.29 is 14.6 Å². The average molecular weight is 397 g/mol. The van der Waals surface area contributed by atoms with Gasteiger partial charge in [0.1, 0.15) is 18.5 Å². The maximum Gasteiger partial charge on any atom is 0.124 e. The summed E-state index contributed by atoms with van der Waals surface area (Å²) in [4.78, 5) is 2.35. The number of likely N-dealkylation sites (tertiary alicyclic amines) is 1. The topological polar surface area (TPSA) is 54.0 Å². The Morgan fingerprint density at radius 2 is 2.00 bits per heavy atom. The third-order valence-corrected chi connectivity index (χ3v) is 5.62. The van der Waals surface area contributed by atoms with Crippen molar-refractivity contribution in [3.05, 3.63) is 28.8 Å². The predicted molar refractivity (Wildman–Crippen MR) is 108 cm³/mol. The first kappa shape index (κ1) is 20.9. The van der Waals surface area contributed by atoms with Gasteiger partial charge in [-0.3, -0.25) is 0 Å². The summed E-state index contributed by atoms with van der Waals surface area (Å²) in [6.45, 7) is 8.56. The lowest BCUT2D eigenvalue weighted by Crippen LogP contribution is -2.47. The van der Waals surface area contributed by atoms with E-state index in [9.17, 15) is 5.11 Å². The second-order valence-electron chi connectivity index (χ2n) is 8.34. The van der Waals surface area contributed by atoms with E-state index in [4.69, 9.17) is 21.1 Å². The van der Waals surface area contributed by atoms with Crippen molar-refractivity contribution in [3.63, 3.8) is 0 Å². The van der Waals surface area contributed by atoms with E-state index in [-0.39, 0.29) is 5.41 Å². The standard InChI is InChI=1S/C21H33ClN2O3/c1-21(15-26-16-21)14-23-11-17-10-18(22)6-7-20(17)27-13-19(25)12-24-8-4-2-3-5-9-24/h6-7,10,19,23,25H,2-5,8-9,11-16H2,1H3. The van der Waals surface area contributed by atoms with E-state index in [2.05, 4.69) is 17.1 Å². The first-order valence-electron chi connectivity index (χ1n) is 10.1. The minimum absolute atomic E-state index is 0.225. The number of hydrogen-bond acceptors (Lipinski definition) is 5. The van der Waals surface area contributed by atoms with E-state index in [0.717, 1.165) is 44.2 Å². The average Bonchev–Trinajstić information content (AvgIpc) is 2.88. The number of hydrogen-bond donors (Lipinski definition) is 2. The van der Waals surface area contributed by atoms with Crippen molar-refractivity contribution in [2.24, 2.45) is 5.41 Å². The molecule has 0 aromatic heterocycles. The fraction of sp³-hybridized carbons (Fsp3) is 0.714. The number of ether oxygens (including phenoxy) is 2. The maximum absolute atomic E-state index is 10.4. The summed E-state index contributed by atoms with van der Waals surface area (Å²) in [5, 5.41) is 14.6. The number of aliphatic hydroxyl groups excluding tert-OH is 1. The summed E-state index contributed by atoms with van der Waals surface area (Å²) < 4.78 is 11.3. The van der Waals surface area contributed by atoms with Crippen LogP contribution in [0, 0.1) is 5.41 Å². The van der Waals surface area contributed by atoms with Gasteiger partial charge in [0.05, 0.1) is 13.2 Å². The number of halogens is 1. The molecule has 27 heavy (non-hydrogen) atoms. The van der Waals surface area contributed by atoms with Gasteiger partial charge in [-0.15, -0.1) is 0 Å². The molecule has 2 N–H and O–H groups in total. The van der Waals surface area contributed by atoms with Gasteiger partial charge in [-0.2, -0.15) is 0 Å². The molecular weight excluding hydrogens is 364 g/mol. The Hall–Kier alpha value is -0.850. The molecule has 2 aliphatic heterocycles. The van der Waals surface area contributed by atoms with Crippen LogP contribution in [0.1, 0.15) is 38.2 Å².